The molecule has 1 saturated heterocycles. The zero-order valence-corrected chi connectivity index (χ0v) is 11.3. The minimum absolute atomic E-state index is 0.177. The molecule has 1 aromatic rings. The van der Waals surface area contributed by atoms with E-state index in [1.165, 1.54) is 0 Å². The Bertz CT molecular complexity index is 478. The van der Waals surface area contributed by atoms with Crippen molar-refractivity contribution in [2.24, 2.45) is 11.1 Å². The van der Waals surface area contributed by atoms with Gasteiger partial charge in [-0.25, -0.2) is 4.68 Å². The molecule has 0 bridgehead atoms. The number of nitrogens with two attached hydrogens (primary N) is 1. The number of nitrogens with zero attached hydrogens (tertiary/aromatic N) is 2. The Morgan fingerprint density at radius 3 is 2.83 bits per heavy atom. The van der Waals surface area contributed by atoms with Crippen LogP contribution in [-0.2, 0) is 4.79 Å². The molecule has 2 heterocycles. The molecule has 2 rings (SSSR count). The Balaban J connectivity index is 2.12. The normalized spacial score (nSPS) is 16.1. The molecule has 0 atom stereocenters. The monoisotopic (exact) mass is 267 g/mol. The molecule has 1 aliphatic heterocycles. The van der Waals surface area contributed by atoms with Gasteiger partial charge in [-0.05, 0) is 13.8 Å². The Labute approximate surface area is 111 Å². The lowest BCUT2D eigenvalue weighted by molar-refractivity contribution is -0.121. The van der Waals surface area contributed by atoms with Crippen LogP contribution >= 0.6 is 12.2 Å². The van der Waals surface area contributed by atoms with Crippen molar-refractivity contribution in [3.63, 3.8) is 0 Å². The molecule has 6 nitrogen and oxygen atoms in total. The van der Waals surface area contributed by atoms with E-state index in [2.05, 4.69) is 15.7 Å². The third-order valence-electron chi connectivity index (χ3n) is 3.20. The van der Waals surface area contributed by atoms with Gasteiger partial charge in [0.15, 0.2) is 0 Å². The number of hydrogen-bond donors (Lipinski definition) is 3. The number of amides is 1. The van der Waals surface area contributed by atoms with Crippen molar-refractivity contribution >= 4 is 28.9 Å². The number of rotatable bonds is 4. The summed E-state index contributed by atoms with van der Waals surface area (Å²) in [6, 6.07) is 2.06. The smallest absolute Gasteiger partial charge is 0.238 e. The van der Waals surface area contributed by atoms with Gasteiger partial charge < -0.3 is 16.4 Å². The number of hydrogen-bond acceptors (Lipinski definition) is 4. The first kappa shape index (κ1) is 13.0. The van der Waals surface area contributed by atoms with Crippen LogP contribution in [0.1, 0.15) is 19.9 Å². The van der Waals surface area contributed by atoms with Crippen LogP contribution in [0.5, 0.6) is 0 Å². The van der Waals surface area contributed by atoms with E-state index >= 15 is 0 Å². The Morgan fingerprint density at radius 1 is 1.67 bits per heavy atom. The number of nitrogens with one attached hydrogen (secondary N) is 2. The second kappa shape index (κ2) is 4.66. The molecule has 0 aromatic carbocycles. The molecule has 4 N–H and O–H groups in total. The van der Waals surface area contributed by atoms with E-state index < -0.39 is 5.41 Å². The average Bonchev–Trinajstić information content (AvgIpc) is 2.63. The van der Waals surface area contributed by atoms with E-state index in [1.807, 2.05) is 4.68 Å². The Kier molecular flexibility index (Phi) is 3.36. The van der Waals surface area contributed by atoms with Gasteiger partial charge in [0, 0.05) is 19.2 Å². The third kappa shape index (κ3) is 2.23. The summed E-state index contributed by atoms with van der Waals surface area (Å²) in [6.07, 6.45) is 1.67. The molecule has 1 amide bonds. The maximum atomic E-state index is 12.1. The summed E-state index contributed by atoms with van der Waals surface area (Å²) in [7, 11) is 0. The number of anilines is 1. The minimum atomic E-state index is -0.873. The molecule has 1 aliphatic rings. The third-order valence-corrected chi connectivity index (χ3v) is 3.71. The van der Waals surface area contributed by atoms with Gasteiger partial charge in [0.2, 0.25) is 5.91 Å². The number of thiocarbonyl (C=S) groups is 1. The lowest BCUT2D eigenvalue weighted by Gasteiger charge is -2.29. The number of carbonyl (C=O) groups is 1. The highest BCUT2D eigenvalue weighted by Gasteiger charge is 2.32. The van der Waals surface area contributed by atoms with Gasteiger partial charge in [-0.3, -0.25) is 4.79 Å². The molecule has 1 fully saturated rings. The van der Waals surface area contributed by atoms with E-state index in [4.69, 9.17) is 18.0 Å². The molecule has 98 valence electrons. The van der Waals surface area contributed by atoms with Gasteiger partial charge >= 0.3 is 0 Å². The molecule has 1 aromatic heterocycles. The van der Waals surface area contributed by atoms with Crippen LogP contribution in [0.25, 0.3) is 0 Å². The summed E-state index contributed by atoms with van der Waals surface area (Å²) in [4.78, 5) is 12.3. The van der Waals surface area contributed by atoms with Gasteiger partial charge in [-0.15, -0.1) is 0 Å². The summed E-state index contributed by atoms with van der Waals surface area (Å²) >= 11 is 4.91. The molecule has 0 unspecified atom stereocenters. The molecule has 0 aliphatic carbocycles. The second-order valence-electron chi connectivity index (χ2n) is 4.92. The largest absolute Gasteiger partial charge is 0.392 e. The molecule has 18 heavy (non-hydrogen) atoms. The van der Waals surface area contributed by atoms with Crippen LogP contribution in [0.4, 0.5) is 5.82 Å². The number of aromatic nitrogens is 2. The van der Waals surface area contributed by atoms with Crippen molar-refractivity contribution in [3.05, 3.63) is 12.3 Å². The van der Waals surface area contributed by atoms with Gasteiger partial charge in [-0.2, -0.15) is 5.10 Å². The fourth-order valence-corrected chi connectivity index (χ4v) is 1.63. The topological polar surface area (TPSA) is 85.0 Å². The van der Waals surface area contributed by atoms with E-state index in [1.54, 1.807) is 26.1 Å². The van der Waals surface area contributed by atoms with E-state index in [9.17, 15) is 4.79 Å². The SMILES string of the molecule is CC(C)(C(=O)Nc1ccnn1C1CNC1)C(N)=S. The van der Waals surface area contributed by atoms with Crippen molar-refractivity contribution in [1.82, 2.24) is 15.1 Å². The van der Waals surface area contributed by atoms with Gasteiger partial charge in [0.05, 0.1) is 22.6 Å². The van der Waals surface area contributed by atoms with Crippen LogP contribution < -0.4 is 16.4 Å². The fourth-order valence-electron chi connectivity index (χ4n) is 1.54. The molecule has 0 radical (unpaired) electrons. The zero-order valence-electron chi connectivity index (χ0n) is 10.4. The highest BCUT2D eigenvalue weighted by Crippen LogP contribution is 2.21. The second-order valence-corrected chi connectivity index (χ2v) is 5.36. The van der Waals surface area contributed by atoms with Crippen molar-refractivity contribution in [1.29, 1.82) is 0 Å². The lowest BCUT2D eigenvalue weighted by atomic mass is 9.92. The fraction of sp³-hybridized carbons (Fsp3) is 0.545. The predicted molar refractivity (Wildman–Crippen MR) is 73.3 cm³/mol. The van der Waals surface area contributed by atoms with Crippen molar-refractivity contribution in [2.75, 3.05) is 18.4 Å². The van der Waals surface area contributed by atoms with E-state index in [-0.39, 0.29) is 10.9 Å². The first-order chi connectivity index (χ1) is 8.43. The molecule has 0 saturated carbocycles. The number of carbonyl (C=O) groups excluding carboxylic acids is 1. The van der Waals surface area contributed by atoms with Crippen LogP contribution in [0, 0.1) is 5.41 Å². The highest BCUT2D eigenvalue weighted by atomic mass is 32.1. The summed E-state index contributed by atoms with van der Waals surface area (Å²) in [5.41, 5.74) is 4.70. The highest BCUT2D eigenvalue weighted by molar-refractivity contribution is 7.80. The summed E-state index contributed by atoms with van der Waals surface area (Å²) in [5, 5.41) is 10.2. The maximum absolute atomic E-state index is 12.1. The van der Waals surface area contributed by atoms with E-state index in [0.29, 0.717) is 11.9 Å². The first-order valence-electron chi connectivity index (χ1n) is 5.78. The van der Waals surface area contributed by atoms with Crippen LogP contribution in [0.3, 0.4) is 0 Å². The first-order valence-corrected chi connectivity index (χ1v) is 6.19. The van der Waals surface area contributed by atoms with E-state index in [0.717, 1.165) is 13.1 Å². The zero-order chi connectivity index (χ0) is 13.3. The summed E-state index contributed by atoms with van der Waals surface area (Å²) in [6.45, 7) is 5.14. The molecule has 0 spiro atoms. The predicted octanol–water partition coefficient (Wildman–Crippen LogP) is 0.278. The molecule has 7 heteroatoms. The maximum Gasteiger partial charge on any atom is 0.238 e. The van der Waals surface area contributed by atoms with Crippen LogP contribution in [0.2, 0.25) is 0 Å². The summed E-state index contributed by atoms with van der Waals surface area (Å²) < 4.78 is 1.81. The Hall–Kier alpha value is -1.47. The minimum Gasteiger partial charge on any atom is -0.392 e. The quantitative estimate of drug-likeness (QED) is 0.682. The van der Waals surface area contributed by atoms with Crippen molar-refractivity contribution in [3.8, 4) is 0 Å². The average molecular weight is 267 g/mol. The van der Waals surface area contributed by atoms with Crippen molar-refractivity contribution < 1.29 is 4.79 Å². The Morgan fingerprint density at radius 2 is 2.33 bits per heavy atom. The van der Waals surface area contributed by atoms with Gasteiger partial charge in [-0.1, -0.05) is 12.2 Å². The van der Waals surface area contributed by atoms with Gasteiger partial charge in [0.25, 0.3) is 0 Å². The lowest BCUT2D eigenvalue weighted by Crippen LogP contribution is -2.45. The van der Waals surface area contributed by atoms with Crippen LogP contribution in [0.15, 0.2) is 12.3 Å². The standard InChI is InChI=1S/C11H17N5OS/c1-11(2,9(12)18)10(17)15-8-3-4-14-16(8)7-5-13-6-7/h3-4,7,13H,5-6H2,1-2H3,(H2,12,18)(H,15,17). The molecular weight excluding hydrogens is 250 g/mol. The van der Waals surface area contributed by atoms with Gasteiger partial charge in [0.1, 0.15) is 5.82 Å². The molecular formula is C11H17N5OS. The summed E-state index contributed by atoms with van der Waals surface area (Å²) in [5.74, 6) is 0.458. The van der Waals surface area contributed by atoms with Crippen molar-refractivity contribution in [2.45, 2.75) is 19.9 Å². The van der Waals surface area contributed by atoms with Crippen LogP contribution in [-0.4, -0.2) is 33.8 Å².